The average molecular weight is 504 g/mol. The SMILES string of the molecule is CC[C@H](C)N(CC(=O)N1CCc2sccc2[C@H]1c1ccccc1)C(=O)/C=C/c1ccc([N+](=O)[O-])cc1. The lowest BCUT2D eigenvalue weighted by Crippen LogP contribution is -2.48. The number of rotatable bonds is 8. The summed E-state index contributed by atoms with van der Waals surface area (Å²) >= 11 is 1.72. The Hall–Kier alpha value is -3.78. The van der Waals surface area contributed by atoms with Crippen LogP contribution in [0.1, 0.15) is 47.9 Å². The van der Waals surface area contributed by atoms with Crippen molar-refractivity contribution < 1.29 is 14.5 Å². The van der Waals surface area contributed by atoms with E-state index in [0.717, 1.165) is 17.5 Å². The van der Waals surface area contributed by atoms with Gasteiger partial charge < -0.3 is 9.80 Å². The van der Waals surface area contributed by atoms with Gasteiger partial charge in [0.25, 0.3) is 5.69 Å². The summed E-state index contributed by atoms with van der Waals surface area (Å²) in [6.07, 6.45) is 4.57. The Kier molecular flexibility index (Phi) is 7.95. The van der Waals surface area contributed by atoms with Gasteiger partial charge in [0.1, 0.15) is 6.54 Å². The zero-order valence-electron chi connectivity index (χ0n) is 20.4. The lowest BCUT2D eigenvalue weighted by Gasteiger charge is -2.38. The van der Waals surface area contributed by atoms with Gasteiger partial charge in [-0.1, -0.05) is 37.3 Å². The van der Waals surface area contributed by atoms with E-state index in [0.29, 0.717) is 18.5 Å². The van der Waals surface area contributed by atoms with Crippen LogP contribution in [0.2, 0.25) is 0 Å². The molecule has 4 rings (SSSR count). The number of nitro groups is 1. The van der Waals surface area contributed by atoms with E-state index in [2.05, 4.69) is 11.4 Å². The van der Waals surface area contributed by atoms with Crippen LogP contribution in [-0.4, -0.2) is 45.7 Å². The van der Waals surface area contributed by atoms with Crippen LogP contribution < -0.4 is 0 Å². The van der Waals surface area contributed by atoms with Gasteiger partial charge in [0.2, 0.25) is 11.8 Å². The van der Waals surface area contributed by atoms with Crippen LogP contribution in [0, 0.1) is 10.1 Å². The first-order chi connectivity index (χ1) is 17.4. The molecule has 2 heterocycles. The second-order valence-electron chi connectivity index (χ2n) is 8.85. The first kappa shape index (κ1) is 25.3. The highest BCUT2D eigenvalue weighted by Gasteiger charge is 2.34. The van der Waals surface area contributed by atoms with Crippen LogP contribution in [0.4, 0.5) is 5.69 Å². The predicted octanol–water partition coefficient (Wildman–Crippen LogP) is 5.47. The highest BCUT2D eigenvalue weighted by atomic mass is 32.1. The standard InChI is InChI=1S/C28H29N3O4S/c1-3-20(2)30(26(32)14-11-21-9-12-23(13-10-21)31(34)35)19-27(33)29-17-15-25-24(16-18-36-25)28(29)22-7-5-4-6-8-22/h4-14,16,18,20,28H,3,15,17,19H2,1-2H3/b14-11+/t20-,28+/m0/s1. The number of hydrogen-bond donors (Lipinski definition) is 0. The molecule has 0 spiro atoms. The first-order valence-electron chi connectivity index (χ1n) is 12.0. The fourth-order valence-electron chi connectivity index (χ4n) is 4.46. The van der Waals surface area contributed by atoms with Crippen molar-refractivity contribution in [3.05, 3.63) is 104 Å². The molecule has 1 aromatic heterocycles. The molecule has 0 bridgehead atoms. The number of thiophene rings is 1. The predicted molar refractivity (Wildman–Crippen MR) is 142 cm³/mol. The van der Waals surface area contributed by atoms with Gasteiger partial charge in [-0.3, -0.25) is 19.7 Å². The third-order valence-electron chi connectivity index (χ3n) is 6.64. The van der Waals surface area contributed by atoms with Crippen molar-refractivity contribution in [2.75, 3.05) is 13.1 Å². The molecule has 3 aromatic rings. The topological polar surface area (TPSA) is 83.8 Å². The fourth-order valence-corrected chi connectivity index (χ4v) is 5.36. The maximum atomic E-state index is 13.7. The van der Waals surface area contributed by atoms with Crippen molar-refractivity contribution in [3.8, 4) is 0 Å². The zero-order chi connectivity index (χ0) is 25.7. The molecule has 1 aliphatic heterocycles. The average Bonchev–Trinajstić information content (AvgIpc) is 3.39. The first-order valence-corrected chi connectivity index (χ1v) is 12.9. The Morgan fingerprint density at radius 3 is 2.56 bits per heavy atom. The number of nitro benzene ring substituents is 1. The minimum Gasteiger partial charge on any atom is -0.330 e. The van der Waals surface area contributed by atoms with Gasteiger partial charge in [-0.05, 0) is 66.1 Å². The molecule has 0 saturated carbocycles. The molecule has 2 amide bonds. The van der Waals surface area contributed by atoms with Crippen molar-refractivity contribution in [1.82, 2.24) is 9.80 Å². The summed E-state index contributed by atoms with van der Waals surface area (Å²) in [4.78, 5) is 42.1. The summed E-state index contributed by atoms with van der Waals surface area (Å²) in [5.41, 5.74) is 2.89. The summed E-state index contributed by atoms with van der Waals surface area (Å²) in [6, 6.07) is 17.8. The zero-order valence-corrected chi connectivity index (χ0v) is 21.2. The van der Waals surface area contributed by atoms with E-state index < -0.39 is 4.92 Å². The van der Waals surface area contributed by atoms with Gasteiger partial charge in [0.15, 0.2) is 0 Å². The van der Waals surface area contributed by atoms with E-state index in [-0.39, 0.29) is 36.1 Å². The van der Waals surface area contributed by atoms with Crippen LogP contribution in [0.3, 0.4) is 0 Å². The van der Waals surface area contributed by atoms with Gasteiger partial charge in [0, 0.05) is 35.7 Å². The number of non-ortho nitro benzene ring substituents is 1. The summed E-state index contributed by atoms with van der Waals surface area (Å²) in [7, 11) is 0. The number of fused-ring (bicyclic) bond motifs is 1. The third-order valence-corrected chi connectivity index (χ3v) is 7.63. The van der Waals surface area contributed by atoms with Crippen molar-refractivity contribution in [2.45, 2.75) is 38.8 Å². The van der Waals surface area contributed by atoms with Crippen LogP contribution in [-0.2, 0) is 16.0 Å². The van der Waals surface area contributed by atoms with Crippen LogP contribution >= 0.6 is 11.3 Å². The molecule has 0 aliphatic carbocycles. The van der Waals surface area contributed by atoms with Gasteiger partial charge in [-0.2, -0.15) is 0 Å². The monoisotopic (exact) mass is 503 g/mol. The molecule has 7 nitrogen and oxygen atoms in total. The van der Waals surface area contributed by atoms with Crippen molar-refractivity contribution in [2.24, 2.45) is 0 Å². The molecular weight excluding hydrogens is 474 g/mol. The Morgan fingerprint density at radius 2 is 1.89 bits per heavy atom. The summed E-state index contributed by atoms with van der Waals surface area (Å²) in [5, 5.41) is 12.9. The summed E-state index contributed by atoms with van der Waals surface area (Å²) < 4.78 is 0. The lowest BCUT2D eigenvalue weighted by molar-refractivity contribution is -0.384. The minimum absolute atomic E-state index is 0.00594. The van der Waals surface area contributed by atoms with Crippen molar-refractivity contribution in [1.29, 1.82) is 0 Å². The third kappa shape index (κ3) is 5.54. The largest absolute Gasteiger partial charge is 0.330 e. The number of amides is 2. The Balaban J connectivity index is 1.54. The highest BCUT2D eigenvalue weighted by Crippen LogP contribution is 2.37. The van der Waals surface area contributed by atoms with Gasteiger partial charge >= 0.3 is 0 Å². The number of nitrogens with zero attached hydrogens (tertiary/aromatic N) is 3. The molecule has 1 aliphatic rings. The molecule has 0 saturated heterocycles. The van der Waals surface area contributed by atoms with E-state index in [9.17, 15) is 19.7 Å². The Bertz CT molecular complexity index is 1250. The van der Waals surface area contributed by atoms with Gasteiger partial charge in [-0.15, -0.1) is 11.3 Å². The molecule has 0 unspecified atom stereocenters. The van der Waals surface area contributed by atoms with E-state index in [1.807, 2.05) is 49.1 Å². The van der Waals surface area contributed by atoms with Crippen LogP contribution in [0.15, 0.2) is 72.1 Å². The van der Waals surface area contributed by atoms with E-state index in [4.69, 9.17) is 0 Å². The number of benzene rings is 2. The second-order valence-corrected chi connectivity index (χ2v) is 9.86. The minimum atomic E-state index is -0.461. The lowest BCUT2D eigenvalue weighted by atomic mass is 9.93. The molecule has 0 fully saturated rings. The molecule has 0 N–H and O–H groups in total. The van der Waals surface area contributed by atoms with Crippen LogP contribution in [0.5, 0.6) is 0 Å². The normalized spacial score (nSPS) is 15.9. The fraction of sp³-hybridized carbons (Fsp3) is 0.286. The number of carbonyl (C=O) groups excluding carboxylic acids is 2. The Labute approximate surface area is 214 Å². The van der Waals surface area contributed by atoms with Gasteiger partial charge in [-0.25, -0.2) is 0 Å². The van der Waals surface area contributed by atoms with E-state index >= 15 is 0 Å². The highest BCUT2D eigenvalue weighted by molar-refractivity contribution is 7.10. The number of carbonyl (C=O) groups is 2. The molecule has 8 heteroatoms. The quantitative estimate of drug-likeness (QED) is 0.232. The number of hydrogen-bond acceptors (Lipinski definition) is 5. The van der Waals surface area contributed by atoms with E-state index in [1.54, 1.807) is 34.4 Å². The summed E-state index contributed by atoms with van der Waals surface area (Å²) in [5.74, 6) is -0.348. The maximum Gasteiger partial charge on any atom is 0.269 e. The van der Waals surface area contributed by atoms with Crippen molar-refractivity contribution in [3.63, 3.8) is 0 Å². The summed E-state index contributed by atoms with van der Waals surface area (Å²) in [6.45, 7) is 4.52. The molecule has 36 heavy (non-hydrogen) atoms. The van der Waals surface area contributed by atoms with Gasteiger partial charge in [0.05, 0.1) is 11.0 Å². The molecule has 2 atom stereocenters. The molecule has 186 valence electrons. The van der Waals surface area contributed by atoms with E-state index in [1.165, 1.54) is 23.1 Å². The smallest absolute Gasteiger partial charge is 0.269 e. The van der Waals surface area contributed by atoms with Crippen LogP contribution in [0.25, 0.3) is 6.08 Å². The maximum absolute atomic E-state index is 13.7. The molecule has 0 radical (unpaired) electrons. The molecular formula is C28H29N3O4S. The second kappa shape index (κ2) is 11.3. The van der Waals surface area contributed by atoms with Crippen molar-refractivity contribution >= 4 is 34.9 Å². The Morgan fingerprint density at radius 1 is 1.17 bits per heavy atom. The molecule has 2 aromatic carbocycles.